The van der Waals surface area contributed by atoms with Crippen molar-refractivity contribution in [3.63, 3.8) is 0 Å². The van der Waals surface area contributed by atoms with Crippen LogP contribution in [0.3, 0.4) is 0 Å². The number of rotatable bonds is 2. The number of halogens is 2. The first-order valence-electron chi connectivity index (χ1n) is 7.41. The average molecular weight is 404 g/mol. The molecule has 0 N–H and O–H groups in total. The molecule has 0 saturated heterocycles. The maximum atomic E-state index is 14.3. The third kappa shape index (κ3) is 2.48. The zero-order valence-corrected chi connectivity index (χ0v) is 15.7. The maximum absolute atomic E-state index is 14.3. The number of ether oxygens (including phenoxy) is 1. The Labute approximate surface area is 144 Å². The quantitative estimate of drug-likeness (QED) is 0.761. The Hall–Kier alpha value is -0.790. The monoisotopic (exact) mass is 403 g/mol. The van der Waals surface area contributed by atoms with Gasteiger partial charge in [-0.1, -0.05) is 15.9 Å². The zero-order valence-electron chi connectivity index (χ0n) is 13.3. The molecule has 1 saturated carbocycles. The third-order valence-corrected chi connectivity index (χ3v) is 8.35. The molecule has 4 nitrogen and oxygen atoms in total. The summed E-state index contributed by atoms with van der Waals surface area (Å²) in [4.78, 5) is 4.65. The second-order valence-corrected chi connectivity index (χ2v) is 9.83. The minimum absolute atomic E-state index is 0.0538. The third-order valence-electron chi connectivity index (χ3n) is 5.10. The summed E-state index contributed by atoms with van der Waals surface area (Å²) in [7, 11) is -1.87. The van der Waals surface area contributed by atoms with Crippen molar-refractivity contribution in [2.75, 3.05) is 12.9 Å². The summed E-state index contributed by atoms with van der Waals surface area (Å²) in [6.45, 7) is 3.41. The van der Waals surface area contributed by atoms with Gasteiger partial charge in [-0.15, -0.1) is 0 Å². The normalized spacial score (nSPS) is 35.7. The van der Waals surface area contributed by atoms with Crippen molar-refractivity contribution in [1.82, 2.24) is 0 Å². The first-order chi connectivity index (χ1) is 10.6. The molecule has 0 bridgehead atoms. The molecule has 1 heterocycles. The van der Waals surface area contributed by atoms with Crippen molar-refractivity contribution >= 4 is 31.5 Å². The van der Waals surface area contributed by atoms with Crippen LogP contribution in [-0.4, -0.2) is 37.8 Å². The smallest absolute Gasteiger partial charge is 0.164 e. The van der Waals surface area contributed by atoms with Gasteiger partial charge in [-0.2, -0.15) is 0 Å². The predicted octanol–water partition coefficient (Wildman–Crippen LogP) is 3.24. The van der Waals surface area contributed by atoms with Gasteiger partial charge in [-0.05, 0) is 44.9 Å². The first-order valence-corrected chi connectivity index (χ1v) is 9.86. The minimum Gasteiger partial charge on any atom is -0.381 e. The number of benzene rings is 1. The van der Waals surface area contributed by atoms with Crippen molar-refractivity contribution in [1.29, 1.82) is 0 Å². The fourth-order valence-electron chi connectivity index (χ4n) is 3.68. The molecular weight excluding hydrogens is 385 g/mol. The molecule has 1 aliphatic heterocycles. The van der Waals surface area contributed by atoms with Crippen LogP contribution in [0.4, 0.5) is 4.39 Å². The van der Waals surface area contributed by atoms with Crippen molar-refractivity contribution in [2.45, 2.75) is 43.1 Å². The van der Waals surface area contributed by atoms with Crippen LogP contribution in [0.1, 0.15) is 32.3 Å². The minimum atomic E-state index is -3.46. The SMILES string of the molecule is COC1CC2(C1)C(C)=N[C@](C)(c1cc(Br)ccc1F)CS2(=O)=O. The van der Waals surface area contributed by atoms with E-state index in [2.05, 4.69) is 20.9 Å². The highest BCUT2D eigenvalue weighted by Gasteiger charge is 2.60. The molecule has 0 radical (unpaired) electrons. The molecular formula is C16H19BrFNO3S. The standard InChI is InChI=1S/C16H19BrFNO3S/c1-10-16(7-12(8-16)22-3)23(20,21)9-15(2,19-10)13-6-11(17)4-5-14(13)18/h4-6,12H,7-9H2,1-3H3/t12?,15-,16?/m0/s1. The Bertz CT molecular complexity index is 787. The van der Waals surface area contributed by atoms with E-state index in [1.54, 1.807) is 33.1 Å². The van der Waals surface area contributed by atoms with Gasteiger partial charge in [0.2, 0.25) is 0 Å². The highest BCUT2D eigenvalue weighted by atomic mass is 79.9. The van der Waals surface area contributed by atoms with Gasteiger partial charge in [0.25, 0.3) is 0 Å². The molecule has 3 rings (SSSR count). The Morgan fingerprint density at radius 2 is 2.04 bits per heavy atom. The molecule has 0 amide bonds. The number of nitrogens with zero attached hydrogens (tertiary/aromatic N) is 1. The fraction of sp³-hybridized carbons (Fsp3) is 0.562. The lowest BCUT2D eigenvalue weighted by molar-refractivity contribution is 0.0293. The highest BCUT2D eigenvalue weighted by Crippen LogP contribution is 2.49. The molecule has 7 heteroatoms. The van der Waals surface area contributed by atoms with Crippen molar-refractivity contribution in [3.8, 4) is 0 Å². The van der Waals surface area contributed by atoms with E-state index in [9.17, 15) is 12.8 Å². The van der Waals surface area contributed by atoms with E-state index in [4.69, 9.17) is 4.74 Å². The lowest BCUT2D eigenvalue weighted by atomic mass is 9.77. The Kier molecular flexibility index (Phi) is 3.97. The van der Waals surface area contributed by atoms with Gasteiger partial charge in [0, 0.05) is 22.9 Å². The predicted molar refractivity (Wildman–Crippen MR) is 91.1 cm³/mol. The molecule has 2 aliphatic rings. The summed E-state index contributed by atoms with van der Waals surface area (Å²) < 4.78 is 45.2. The molecule has 1 aromatic rings. The molecule has 126 valence electrons. The van der Waals surface area contributed by atoms with E-state index in [1.807, 2.05) is 0 Å². The Morgan fingerprint density at radius 3 is 2.61 bits per heavy atom. The number of methoxy groups -OCH3 is 1. The number of hydrogen-bond acceptors (Lipinski definition) is 4. The van der Waals surface area contributed by atoms with Crippen molar-refractivity contribution in [2.24, 2.45) is 4.99 Å². The van der Waals surface area contributed by atoms with E-state index >= 15 is 0 Å². The first kappa shape index (κ1) is 17.0. The molecule has 1 spiro atoms. The van der Waals surface area contributed by atoms with Crippen LogP contribution < -0.4 is 0 Å². The Balaban J connectivity index is 2.10. The van der Waals surface area contributed by atoms with Crippen LogP contribution in [0, 0.1) is 5.82 Å². The fourth-order valence-corrected chi connectivity index (χ4v) is 6.65. The largest absolute Gasteiger partial charge is 0.381 e. The summed E-state index contributed by atoms with van der Waals surface area (Å²) in [5.74, 6) is -0.636. The van der Waals surface area contributed by atoms with Gasteiger partial charge >= 0.3 is 0 Å². The van der Waals surface area contributed by atoms with Crippen LogP contribution in [0.2, 0.25) is 0 Å². The van der Waals surface area contributed by atoms with E-state index in [0.717, 1.165) is 0 Å². The van der Waals surface area contributed by atoms with E-state index in [0.29, 0.717) is 28.6 Å². The lowest BCUT2D eigenvalue weighted by Gasteiger charge is -2.50. The summed E-state index contributed by atoms with van der Waals surface area (Å²) in [6, 6.07) is 4.53. The van der Waals surface area contributed by atoms with E-state index in [-0.39, 0.29) is 11.9 Å². The number of sulfone groups is 1. The molecule has 0 aromatic heterocycles. The van der Waals surface area contributed by atoms with Crippen LogP contribution in [-0.2, 0) is 20.1 Å². The second kappa shape index (κ2) is 5.36. The van der Waals surface area contributed by atoms with E-state index < -0.39 is 25.9 Å². The zero-order chi connectivity index (χ0) is 17.0. The average Bonchev–Trinajstić information content (AvgIpc) is 2.38. The summed E-state index contributed by atoms with van der Waals surface area (Å²) in [6.07, 6.45) is 0.804. The van der Waals surface area contributed by atoms with Crippen LogP contribution >= 0.6 is 15.9 Å². The van der Waals surface area contributed by atoms with Gasteiger partial charge in [0.15, 0.2) is 9.84 Å². The summed E-state index contributed by atoms with van der Waals surface area (Å²) in [5.41, 5.74) is -0.258. The van der Waals surface area contributed by atoms with Crippen LogP contribution in [0.25, 0.3) is 0 Å². The van der Waals surface area contributed by atoms with Crippen molar-refractivity contribution in [3.05, 3.63) is 34.1 Å². The summed E-state index contributed by atoms with van der Waals surface area (Å²) in [5, 5.41) is 0. The van der Waals surface area contributed by atoms with Gasteiger partial charge in [0.05, 0.1) is 17.4 Å². The van der Waals surface area contributed by atoms with Gasteiger partial charge in [-0.25, -0.2) is 12.8 Å². The molecule has 1 atom stereocenters. The van der Waals surface area contributed by atoms with Gasteiger partial charge in [0.1, 0.15) is 10.6 Å². The van der Waals surface area contributed by atoms with Gasteiger partial charge in [-0.3, -0.25) is 4.99 Å². The van der Waals surface area contributed by atoms with Gasteiger partial charge < -0.3 is 4.74 Å². The lowest BCUT2D eigenvalue weighted by Crippen LogP contribution is -2.63. The molecule has 1 aliphatic carbocycles. The molecule has 23 heavy (non-hydrogen) atoms. The highest BCUT2D eigenvalue weighted by molar-refractivity contribution is 9.10. The number of hydrogen-bond donors (Lipinski definition) is 0. The Morgan fingerprint density at radius 1 is 1.39 bits per heavy atom. The van der Waals surface area contributed by atoms with Crippen LogP contribution in [0.15, 0.2) is 27.7 Å². The second-order valence-electron chi connectivity index (χ2n) is 6.61. The number of aliphatic imine (C=N–C) groups is 1. The maximum Gasteiger partial charge on any atom is 0.164 e. The molecule has 1 aromatic carbocycles. The molecule has 0 unspecified atom stereocenters. The topological polar surface area (TPSA) is 55.7 Å². The van der Waals surface area contributed by atoms with E-state index in [1.165, 1.54) is 6.07 Å². The van der Waals surface area contributed by atoms with Crippen molar-refractivity contribution < 1.29 is 17.5 Å². The summed E-state index contributed by atoms with van der Waals surface area (Å²) >= 11 is 3.31. The van der Waals surface area contributed by atoms with Crippen LogP contribution in [0.5, 0.6) is 0 Å². The molecule has 1 fully saturated rings.